The third-order valence-corrected chi connectivity index (χ3v) is 4.58. The van der Waals surface area contributed by atoms with Gasteiger partial charge in [-0.1, -0.05) is 18.2 Å². The highest BCUT2D eigenvalue weighted by Crippen LogP contribution is 2.29. The number of anilines is 1. The van der Waals surface area contributed by atoms with Crippen LogP contribution in [0.4, 0.5) is 5.82 Å². The van der Waals surface area contributed by atoms with E-state index in [4.69, 9.17) is 9.84 Å². The van der Waals surface area contributed by atoms with E-state index in [-0.39, 0.29) is 12.5 Å². The molecule has 31 heavy (non-hydrogen) atoms. The van der Waals surface area contributed by atoms with E-state index in [0.29, 0.717) is 39.9 Å². The van der Waals surface area contributed by atoms with Gasteiger partial charge in [0, 0.05) is 11.8 Å². The number of aliphatic hydroxyl groups excluding tert-OH is 2. The van der Waals surface area contributed by atoms with Gasteiger partial charge >= 0.3 is 0 Å². The number of pyridine rings is 1. The number of nitrogens with zero attached hydrogens (tertiary/aromatic N) is 4. The summed E-state index contributed by atoms with van der Waals surface area (Å²) < 4.78 is 7.14. The van der Waals surface area contributed by atoms with Crippen molar-refractivity contribution in [2.75, 3.05) is 18.5 Å². The molecule has 158 valence electrons. The molecule has 0 aliphatic rings. The monoisotopic (exact) mass is 419 g/mol. The molecule has 0 saturated heterocycles. The lowest BCUT2D eigenvalue weighted by molar-refractivity contribution is 0.0538. The maximum Gasteiger partial charge on any atom is 0.277 e. The Morgan fingerprint density at radius 1 is 1.16 bits per heavy atom. The number of hydrogen-bond acceptors (Lipinski definition) is 7. The molecule has 1 aromatic carbocycles. The third kappa shape index (κ3) is 4.37. The molecule has 0 spiro atoms. The van der Waals surface area contributed by atoms with Gasteiger partial charge in [0.05, 0.1) is 18.0 Å². The minimum atomic E-state index is -0.985. The van der Waals surface area contributed by atoms with Crippen LogP contribution in [0.25, 0.3) is 16.9 Å². The molecule has 4 aromatic rings. The van der Waals surface area contributed by atoms with Crippen LogP contribution >= 0.6 is 0 Å². The van der Waals surface area contributed by atoms with Crippen LogP contribution in [0.2, 0.25) is 0 Å². The Morgan fingerprint density at radius 2 is 1.97 bits per heavy atom. The normalized spacial score (nSPS) is 12.0. The number of imidazole rings is 1. The molecule has 0 saturated carbocycles. The summed E-state index contributed by atoms with van der Waals surface area (Å²) >= 11 is 0. The second-order valence-corrected chi connectivity index (χ2v) is 6.85. The highest BCUT2D eigenvalue weighted by Gasteiger charge is 2.19. The first-order valence-electron chi connectivity index (χ1n) is 9.66. The lowest BCUT2D eigenvalue weighted by Gasteiger charge is -2.13. The predicted octanol–water partition coefficient (Wildman–Crippen LogP) is 2.08. The molecule has 0 aliphatic carbocycles. The molecule has 0 aliphatic heterocycles. The van der Waals surface area contributed by atoms with Gasteiger partial charge in [-0.3, -0.25) is 4.79 Å². The van der Waals surface area contributed by atoms with Crippen LogP contribution in [0.1, 0.15) is 16.2 Å². The van der Waals surface area contributed by atoms with Gasteiger partial charge in [-0.25, -0.2) is 14.5 Å². The molecule has 3 heterocycles. The number of carbonyl (C=O) groups excluding carboxylic acids is 1. The number of fused-ring (bicyclic) bond motifs is 1. The number of nitrogens with one attached hydrogen (secondary N) is 1. The average Bonchev–Trinajstić information content (AvgIpc) is 3.13. The van der Waals surface area contributed by atoms with Gasteiger partial charge in [-0.05, 0) is 43.3 Å². The second kappa shape index (κ2) is 8.90. The Balaban J connectivity index is 1.70. The zero-order valence-corrected chi connectivity index (χ0v) is 16.8. The van der Waals surface area contributed by atoms with Crippen LogP contribution in [-0.2, 0) is 0 Å². The van der Waals surface area contributed by atoms with Gasteiger partial charge in [-0.2, -0.15) is 5.10 Å². The quantitative estimate of drug-likeness (QED) is 0.419. The first-order valence-corrected chi connectivity index (χ1v) is 9.66. The van der Waals surface area contributed by atoms with Crippen LogP contribution in [0, 0.1) is 6.92 Å². The SMILES string of the molecule is Cc1nc2ccc(-c3ccccc3OCC(O)CO)nn2c1C(=O)Nc1ccccn1. The summed E-state index contributed by atoms with van der Waals surface area (Å²) in [7, 11) is 0. The summed E-state index contributed by atoms with van der Waals surface area (Å²) in [4.78, 5) is 21.5. The number of benzene rings is 1. The molecule has 0 radical (unpaired) electrons. The van der Waals surface area contributed by atoms with Crippen molar-refractivity contribution in [3.8, 4) is 17.0 Å². The number of aryl methyl sites for hydroxylation is 1. The Kier molecular flexibility index (Phi) is 5.87. The van der Waals surface area contributed by atoms with Crippen molar-refractivity contribution in [1.29, 1.82) is 0 Å². The topological polar surface area (TPSA) is 122 Å². The van der Waals surface area contributed by atoms with Gasteiger partial charge in [0.2, 0.25) is 0 Å². The molecule has 4 rings (SSSR count). The average molecular weight is 419 g/mol. The van der Waals surface area contributed by atoms with Crippen molar-refractivity contribution in [1.82, 2.24) is 19.6 Å². The van der Waals surface area contributed by atoms with E-state index in [2.05, 4.69) is 20.4 Å². The smallest absolute Gasteiger partial charge is 0.277 e. The molecule has 1 amide bonds. The van der Waals surface area contributed by atoms with Crippen LogP contribution < -0.4 is 10.1 Å². The number of rotatable bonds is 7. The Bertz CT molecular complexity index is 1210. The Hall–Kier alpha value is -3.82. The Morgan fingerprint density at radius 3 is 2.74 bits per heavy atom. The van der Waals surface area contributed by atoms with E-state index in [1.807, 2.05) is 12.1 Å². The van der Waals surface area contributed by atoms with Gasteiger partial charge in [0.25, 0.3) is 5.91 Å². The van der Waals surface area contributed by atoms with E-state index >= 15 is 0 Å². The minimum Gasteiger partial charge on any atom is -0.490 e. The van der Waals surface area contributed by atoms with Crippen molar-refractivity contribution in [3.63, 3.8) is 0 Å². The van der Waals surface area contributed by atoms with Gasteiger partial charge in [0.1, 0.15) is 24.3 Å². The molecule has 3 N–H and O–H groups in total. The predicted molar refractivity (Wildman–Crippen MR) is 114 cm³/mol. The van der Waals surface area contributed by atoms with Crippen LogP contribution in [0.3, 0.4) is 0 Å². The maximum atomic E-state index is 12.9. The molecule has 1 unspecified atom stereocenters. The summed E-state index contributed by atoms with van der Waals surface area (Å²) in [6.07, 6.45) is 0.611. The molecule has 9 heteroatoms. The number of hydrogen-bond donors (Lipinski definition) is 3. The third-order valence-electron chi connectivity index (χ3n) is 4.58. The Labute approximate surface area is 178 Å². The van der Waals surface area contributed by atoms with Gasteiger partial charge < -0.3 is 20.3 Å². The van der Waals surface area contributed by atoms with Crippen molar-refractivity contribution in [2.45, 2.75) is 13.0 Å². The number of carbonyl (C=O) groups is 1. The minimum absolute atomic E-state index is 0.0579. The summed E-state index contributed by atoms with van der Waals surface area (Å²) in [5.74, 6) is 0.557. The zero-order valence-electron chi connectivity index (χ0n) is 16.8. The van der Waals surface area contributed by atoms with Crippen molar-refractivity contribution in [2.24, 2.45) is 0 Å². The van der Waals surface area contributed by atoms with Gasteiger partial charge in [0.15, 0.2) is 11.3 Å². The second-order valence-electron chi connectivity index (χ2n) is 6.85. The van der Waals surface area contributed by atoms with E-state index in [0.717, 1.165) is 0 Å². The largest absolute Gasteiger partial charge is 0.490 e. The molecule has 3 aromatic heterocycles. The van der Waals surface area contributed by atoms with E-state index in [1.165, 1.54) is 4.52 Å². The molecular formula is C22H21N5O4. The molecule has 9 nitrogen and oxygen atoms in total. The van der Waals surface area contributed by atoms with E-state index in [1.54, 1.807) is 55.6 Å². The van der Waals surface area contributed by atoms with Crippen LogP contribution in [-0.4, -0.2) is 55.0 Å². The highest BCUT2D eigenvalue weighted by atomic mass is 16.5. The number of amides is 1. The summed E-state index contributed by atoms with van der Waals surface area (Å²) in [6, 6.07) is 16.0. The summed E-state index contributed by atoms with van der Waals surface area (Å²) in [5, 5.41) is 26.0. The van der Waals surface area contributed by atoms with Crippen molar-refractivity contribution >= 4 is 17.4 Å². The maximum absolute atomic E-state index is 12.9. The fraction of sp³-hybridized carbons (Fsp3) is 0.182. The standard InChI is InChI=1S/C22H21N5O4/c1-14-21(22(30)25-19-8-4-5-11-23-19)27-20(24-14)10-9-17(26-27)16-6-2-3-7-18(16)31-13-15(29)12-28/h2-11,15,28-29H,12-13H2,1H3,(H,23,25,30). The van der Waals surface area contributed by atoms with E-state index in [9.17, 15) is 9.90 Å². The first kappa shape index (κ1) is 20.5. The summed E-state index contributed by atoms with van der Waals surface area (Å²) in [6.45, 7) is 1.29. The summed E-state index contributed by atoms with van der Waals surface area (Å²) in [5.41, 5.74) is 2.61. The van der Waals surface area contributed by atoms with Crippen molar-refractivity contribution < 1.29 is 19.7 Å². The first-order chi connectivity index (χ1) is 15.1. The highest BCUT2D eigenvalue weighted by molar-refractivity contribution is 6.03. The number of aromatic nitrogens is 4. The fourth-order valence-electron chi connectivity index (χ4n) is 3.10. The van der Waals surface area contributed by atoms with E-state index < -0.39 is 12.7 Å². The lowest BCUT2D eigenvalue weighted by atomic mass is 10.1. The zero-order chi connectivity index (χ0) is 21.8. The van der Waals surface area contributed by atoms with Crippen molar-refractivity contribution in [3.05, 3.63) is 72.2 Å². The molecule has 0 bridgehead atoms. The van der Waals surface area contributed by atoms with Gasteiger partial charge in [-0.15, -0.1) is 0 Å². The molecular weight excluding hydrogens is 398 g/mol. The van der Waals surface area contributed by atoms with Crippen LogP contribution in [0.15, 0.2) is 60.8 Å². The lowest BCUT2D eigenvalue weighted by Crippen LogP contribution is -2.21. The molecule has 1 atom stereocenters. The molecule has 0 fully saturated rings. The number of ether oxygens (including phenoxy) is 1. The number of para-hydroxylation sites is 1. The fourth-order valence-corrected chi connectivity index (χ4v) is 3.10. The van der Waals surface area contributed by atoms with Crippen LogP contribution in [0.5, 0.6) is 5.75 Å². The number of aliphatic hydroxyl groups is 2.